The summed E-state index contributed by atoms with van der Waals surface area (Å²) in [6, 6.07) is 5.36. The van der Waals surface area contributed by atoms with Gasteiger partial charge in [0.25, 0.3) is 0 Å². The molecule has 96 valence electrons. The SMILES string of the molecule is NS(=O)(=O)c1ccc(N2C(=O)CCCC2=O)cc1. The monoisotopic (exact) mass is 268 g/mol. The van der Waals surface area contributed by atoms with Gasteiger partial charge in [-0.15, -0.1) is 0 Å². The first-order chi connectivity index (χ1) is 8.39. The number of primary sulfonamides is 1. The van der Waals surface area contributed by atoms with Crippen molar-refractivity contribution in [3.63, 3.8) is 0 Å². The van der Waals surface area contributed by atoms with Crippen LogP contribution in [0.15, 0.2) is 29.2 Å². The van der Waals surface area contributed by atoms with Gasteiger partial charge < -0.3 is 0 Å². The lowest BCUT2D eigenvalue weighted by Gasteiger charge is -2.24. The predicted molar refractivity (Wildman–Crippen MR) is 64.2 cm³/mol. The van der Waals surface area contributed by atoms with Gasteiger partial charge in [0.15, 0.2) is 0 Å². The highest BCUT2D eigenvalue weighted by molar-refractivity contribution is 7.89. The number of hydrogen-bond acceptors (Lipinski definition) is 4. The van der Waals surface area contributed by atoms with Crippen LogP contribution < -0.4 is 10.0 Å². The number of anilines is 1. The zero-order valence-corrected chi connectivity index (χ0v) is 10.3. The molecule has 1 aromatic rings. The largest absolute Gasteiger partial charge is 0.274 e. The fourth-order valence-corrected chi connectivity index (χ4v) is 2.34. The number of piperidine rings is 1. The molecule has 2 rings (SSSR count). The van der Waals surface area contributed by atoms with Gasteiger partial charge in [-0.2, -0.15) is 0 Å². The lowest BCUT2D eigenvalue weighted by atomic mass is 10.1. The first-order valence-electron chi connectivity index (χ1n) is 5.38. The molecule has 7 heteroatoms. The molecule has 0 unspecified atom stereocenters. The van der Waals surface area contributed by atoms with E-state index in [0.29, 0.717) is 24.9 Å². The van der Waals surface area contributed by atoms with Gasteiger partial charge in [-0.05, 0) is 30.7 Å². The van der Waals surface area contributed by atoms with Crippen molar-refractivity contribution in [1.29, 1.82) is 0 Å². The van der Waals surface area contributed by atoms with Crippen LogP contribution in [-0.2, 0) is 19.6 Å². The summed E-state index contributed by atoms with van der Waals surface area (Å²) in [4.78, 5) is 24.3. The summed E-state index contributed by atoms with van der Waals surface area (Å²) in [5.74, 6) is -0.538. The molecule has 1 aliphatic rings. The number of amides is 2. The third kappa shape index (κ3) is 2.41. The zero-order valence-electron chi connectivity index (χ0n) is 9.50. The Hall–Kier alpha value is -1.73. The van der Waals surface area contributed by atoms with Crippen LogP contribution in [0.2, 0.25) is 0 Å². The van der Waals surface area contributed by atoms with E-state index in [-0.39, 0.29) is 16.7 Å². The molecule has 0 saturated carbocycles. The number of imide groups is 1. The molecule has 6 nitrogen and oxygen atoms in total. The van der Waals surface area contributed by atoms with Crippen LogP contribution in [0.1, 0.15) is 19.3 Å². The number of rotatable bonds is 2. The number of benzene rings is 1. The van der Waals surface area contributed by atoms with Crippen LogP contribution in [0.3, 0.4) is 0 Å². The van der Waals surface area contributed by atoms with Crippen LogP contribution in [0, 0.1) is 0 Å². The first kappa shape index (κ1) is 12.7. The summed E-state index contributed by atoms with van der Waals surface area (Å²) >= 11 is 0. The van der Waals surface area contributed by atoms with Gasteiger partial charge in [-0.25, -0.2) is 13.6 Å². The van der Waals surface area contributed by atoms with Crippen molar-refractivity contribution in [2.75, 3.05) is 4.90 Å². The minimum Gasteiger partial charge on any atom is -0.274 e. The Bertz CT molecular complexity index is 576. The Morgan fingerprint density at radius 1 is 1.00 bits per heavy atom. The molecular weight excluding hydrogens is 256 g/mol. The van der Waals surface area contributed by atoms with Crippen molar-refractivity contribution in [3.8, 4) is 0 Å². The van der Waals surface area contributed by atoms with Crippen molar-refractivity contribution in [3.05, 3.63) is 24.3 Å². The van der Waals surface area contributed by atoms with E-state index in [1.165, 1.54) is 24.3 Å². The van der Waals surface area contributed by atoms with Crippen molar-refractivity contribution in [1.82, 2.24) is 0 Å². The minimum absolute atomic E-state index is 0.0526. The molecule has 1 aromatic carbocycles. The van der Waals surface area contributed by atoms with Gasteiger partial charge in [0.2, 0.25) is 21.8 Å². The highest BCUT2D eigenvalue weighted by Gasteiger charge is 2.27. The topological polar surface area (TPSA) is 97.5 Å². The van der Waals surface area contributed by atoms with Gasteiger partial charge in [0.05, 0.1) is 10.6 Å². The molecular formula is C11H12N2O4S. The molecule has 2 amide bonds. The average Bonchev–Trinajstić information content (AvgIpc) is 2.28. The Kier molecular flexibility index (Phi) is 3.18. The van der Waals surface area contributed by atoms with Gasteiger partial charge in [0.1, 0.15) is 0 Å². The molecule has 18 heavy (non-hydrogen) atoms. The summed E-state index contributed by atoms with van der Waals surface area (Å²) < 4.78 is 22.2. The molecule has 1 heterocycles. The number of nitrogens with two attached hydrogens (primary N) is 1. The van der Waals surface area contributed by atoms with E-state index in [1.54, 1.807) is 0 Å². The van der Waals surface area contributed by atoms with Crippen LogP contribution in [-0.4, -0.2) is 20.2 Å². The third-order valence-electron chi connectivity index (χ3n) is 2.70. The van der Waals surface area contributed by atoms with Gasteiger partial charge in [-0.1, -0.05) is 0 Å². The molecule has 1 aliphatic heterocycles. The molecule has 1 saturated heterocycles. The number of carbonyl (C=O) groups excluding carboxylic acids is 2. The number of sulfonamides is 1. The van der Waals surface area contributed by atoms with E-state index in [0.717, 1.165) is 4.90 Å². The first-order valence-corrected chi connectivity index (χ1v) is 6.93. The molecule has 0 spiro atoms. The lowest BCUT2D eigenvalue weighted by Crippen LogP contribution is -2.40. The quantitative estimate of drug-likeness (QED) is 0.784. The second-order valence-electron chi connectivity index (χ2n) is 4.02. The molecule has 0 radical (unpaired) electrons. The minimum atomic E-state index is -3.77. The molecule has 2 N–H and O–H groups in total. The molecule has 1 fully saturated rings. The molecule has 0 bridgehead atoms. The second kappa shape index (κ2) is 4.51. The Morgan fingerprint density at radius 2 is 1.50 bits per heavy atom. The Morgan fingerprint density at radius 3 is 1.94 bits per heavy atom. The standard InChI is InChI=1S/C11H12N2O4S/c12-18(16,17)9-6-4-8(5-7-9)13-10(14)2-1-3-11(13)15/h4-7H,1-3H2,(H2,12,16,17). The molecule has 0 atom stereocenters. The fourth-order valence-electron chi connectivity index (χ4n) is 1.83. The molecule has 0 aliphatic carbocycles. The number of nitrogens with zero attached hydrogens (tertiary/aromatic N) is 1. The van der Waals surface area contributed by atoms with E-state index in [2.05, 4.69) is 0 Å². The third-order valence-corrected chi connectivity index (χ3v) is 3.63. The Balaban J connectivity index is 2.34. The van der Waals surface area contributed by atoms with Crippen molar-refractivity contribution >= 4 is 27.5 Å². The second-order valence-corrected chi connectivity index (χ2v) is 5.58. The van der Waals surface area contributed by atoms with E-state index >= 15 is 0 Å². The maximum absolute atomic E-state index is 11.6. The fraction of sp³-hybridized carbons (Fsp3) is 0.273. The van der Waals surface area contributed by atoms with Crippen LogP contribution in [0.4, 0.5) is 5.69 Å². The van der Waals surface area contributed by atoms with Crippen LogP contribution in [0.25, 0.3) is 0 Å². The summed E-state index contributed by atoms with van der Waals surface area (Å²) in [5.41, 5.74) is 0.372. The Labute approximate surface area is 104 Å². The number of carbonyl (C=O) groups is 2. The van der Waals surface area contributed by atoms with Gasteiger partial charge in [-0.3, -0.25) is 14.5 Å². The lowest BCUT2D eigenvalue weighted by molar-refractivity contribution is -0.129. The smallest absolute Gasteiger partial charge is 0.238 e. The highest BCUT2D eigenvalue weighted by atomic mass is 32.2. The van der Waals surface area contributed by atoms with Crippen LogP contribution in [0.5, 0.6) is 0 Å². The summed E-state index contributed by atoms with van der Waals surface area (Å²) in [6.45, 7) is 0. The van der Waals surface area contributed by atoms with Crippen molar-refractivity contribution in [2.24, 2.45) is 5.14 Å². The summed E-state index contributed by atoms with van der Waals surface area (Å²) in [7, 11) is -3.77. The van der Waals surface area contributed by atoms with Crippen molar-refractivity contribution < 1.29 is 18.0 Å². The maximum Gasteiger partial charge on any atom is 0.238 e. The number of hydrogen-bond donors (Lipinski definition) is 1. The van der Waals surface area contributed by atoms with E-state index in [4.69, 9.17) is 5.14 Å². The maximum atomic E-state index is 11.6. The highest BCUT2D eigenvalue weighted by Crippen LogP contribution is 2.23. The van der Waals surface area contributed by atoms with Crippen LogP contribution >= 0.6 is 0 Å². The predicted octanol–water partition coefficient (Wildman–Crippen LogP) is 0.377. The van der Waals surface area contributed by atoms with Gasteiger partial charge in [0, 0.05) is 12.8 Å². The average molecular weight is 268 g/mol. The molecule has 0 aromatic heterocycles. The van der Waals surface area contributed by atoms with E-state index in [9.17, 15) is 18.0 Å². The summed E-state index contributed by atoms with van der Waals surface area (Å²) in [5, 5.41) is 4.96. The van der Waals surface area contributed by atoms with E-state index < -0.39 is 10.0 Å². The van der Waals surface area contributed by atoms with Crippen molar-refractivity contribution in [2.45, 2.75) is 24.2 Å². The normalized spacial score (nSPS) is 17.1. The zero-order chi connectivity index (χ0) is 13.3. The van der Waals surface area contributed by atoms with Gasteiger partial charge >= 0.3 is 0 Å². The summed E-state index contributed by atoms with van der Waals surface area (Å²) in [6.07, 6.45) is 1.20. The van der Waals surface area contributed by atoms with E-state index in [1.807, 2.05) is 0 Å².